The first-order valence-electron chi connectivity index (χ1n) is 22.0. The molecular weight excluding hydrogens is 827 g/mol. The molecule has 3 heterocycles. The SMILES string of the molecule is CCCOC(CC(C(C)C)N(C)C(=O)C(NC(=O)C1CCCCN1C)C(C)CC)c1nc(C(=O)NC(Cc2ccccc2)CC(C)C(=O)NCCSSc2ccccn2)cs1. The minimum Gasteiger partial charge on any atom is -0.371 e. The minimum atomic E-state index is -0.650. The second-order valence-corrected chi connectivity index (χ2v) is 20.0. The molecule has 0 saturated carbocycles. The van der Waals surface area contributed by atoms with Crippen molar-refractivity contribution in [2.75, 3.05) is 39.5 Å². The van der Waals surface area contributed by atoms with Crippen LogP contribution in [0.2, 0.25) is 0 Å². The van der Waals surface area contributed by atoms with E-state index in [9.17, 15) is 19.2 Å². The van der Waals surface area contributed by atoms with Gasteiger partial charge in [-0.25, -0.2) is 9.97 Å². The smallest absolute Gasteiger partial charge is 0.270 e. The zero-order valence-corrected chi connectivity index (χ0v) is 39.9. The van der Waals surface area contributed by atoms with Gasteiger partial charge >= 0.3 is 0 Å². The van der Waals surface area contributed by atoms with E-state index in [2.05, 4.69) is 39.7 Å². The van der Waals surface area contributed by atoms with Crippen LogP contribution in [0.3, 0.4) is 0 Å². The number of ether oxygens (including phenoxy) is 1. The standard InChI is InChI=1S/C46H69N7O5S3/c1-9-25-58-39(29-38(31(3)4)53(8)46(57)41(32(5)10-2)51-44(56)37-20-15-17-24-52(37)7)45-50-36(30-59-45)43(55)49-35(28-34-18-12-11-13-19-34)27-33(6)42(54)48-23-26-60-61-40-21-14-16-22-47-40/h11-14,16,18-19,21-22,30-33,35,37-39,41H,9-10,15,17,20,23-29H2,1-8H3,(H,48,54)(H,49,55)(H,51,56). The molecule has 3 aromatic rings. The third-order valence-corrected chi connectivity index (χ3v) is 14.7. The molecule has 12 nitrogen and oxygen atoms in total. The quantitative estimate of drug-likeness (QED) is 0.0569. The minimum absolute atomic E-state index is 0.0534. The molecular formula is C46H69N7O5S3. The molecule has 15 heteroatoms. The van der Waals surface area contributed by atoms with Crippen LogP contribution in [0.25, 0.3) is 0 Å². The van der Waals surface area contributed by atoms with Crippen LogP contribution in [0.15, 0.2) is 65.1 Å². The molecule has 1 aromatic carbocycles. The number of nitrogens with zero attached hydrogens (tertiary/aromatic N) is 4. The van der Waals surface area contributed by atoms with Crippen molar-refractivity contribution >= 4 is 56.6 Å². The number of amides is 4. The first-order chi connectivity index (χ1) is 29.3. The maximum atomic E-state index is 14.4. The van der Waals surface area contributed by atoms with Crippen molar-refractivity contribution in [2.45, 2.75) is 128 Å². The average Bonchev–Trinajstić information content (AvgIpc) is 3.76. The zero-order valence-electron chi connectivity index (χ0n) is 37.4. The molecule has 0 bridgehead atoms. The fourth-order valence-corrected chi connectivity index (χ4v) is 10.3. The number of aromatic nitrogens is 2. The monoisotopic (exact) mass is 895 g/mol. The highest BCUT2D eigenvalue weighted by atomic mass is 33.1. The summed E-state index contributed by atoms with van der Waals surface area (Å²) in [6.07, 6.45) is 7.20. The number of nitrogens with one attached hydrogen (secondary N) is 3. The molecule has 0 spiro atoms. The molecule has 336 valence electrons. The Hall–Kier alpha value is -3.50. The van der Waals surface area contributed by atoms with Gasteiger partial charge in [0.05, 0.1) is 6.04 Å². The van der Waals surface area contributed by atoms with E-state index in [1.165, 1.54) is 11.3 Å². The Kier molecular flexibility index (Phi) is 21.5. The van der Waals surface area contributed by atoms with E-state index in [0.29, 0.717) is 43.1 Å². The molecule has 7 unspecified atom stereocenters. The summed E-state index contributed by atoms with van der Waals surface area (Å²) in [5.74, 6) is -0.144. The van der Waals surface area contributed by atoms with Gasteiger partial charge in [0.2, 0.25) is 17.7 Å². The normalized spacial score (nSPS) is 17.4. The fraction of sp³-hybridized carbons (Fsp3) is 0.609. The summed E-state index contributed by atoms with van der Waals surface area (Å²) < 4.78 is 6.43. The third kappa shape index (κ3) is 16.0. The largest absolute Gasteiger partial charge is 0.371 e. The van der Waals surface area contributed by atoms with Gasteiger partial charge in [-0.2, -0.15) is 0 Å². The van der Waals surface area contributed by atoms with Crippen molar-refractivity contribution in [1.29, 1.82) is 0 Å². The molecule has 1 fully saturated rings. The molecule has 0 radical (unpaired) electrons. The number of hydrogen-bond acceptors (Lipinski definition) is 11. The Morgan fingerprint density at radius 1 is 1.00 bits per heavy atom. The summed E-state index contributed by atoms with van der Waals surface area (Å²) in [6, 6.07) is 14.3. The predicted octanol–water partition coefficient (Wildman–Crippen LogP) is 7.82. The number of benzene rings is 1. The molecule has 61 heavy (non-hydrogen) atoms. The fourth-order valence-electron chi connectivity index (χ4n) is 7.63. The van der Waals surface area contributed by atoms with E-state index < -0.39 is 12.1 Å². The van der Waals surface area contributed by atoms with Crippen molar-refractivity contribution in [3.05, 3.63) is 76.4 Å². The lowest BCUT2D eigenvalue weighted by Gasteiger charge is -2.38. The Balaban J connectivity index is 1.43. The highest BCUT2D eigenvalue weighted by Gasteiger charge is 2.37. The van der Waals surface area contributed by atoms with E-state index in [1.807, 2.05) is 90.3 Å². The summed E-state index contributed by atoms with van der Waals surface area (Å²) >= 11 is 1.38. The highest BCUT2D eigenvalue weighted by molar-refractivity contribution is 8.76. The lowest BCUT2D eigenvalue weighted by Crippen LogP contribution is -2.58. The summed E-state index contributed by atoms with van der Waals surface area (Å²) in [5.41, 5.74) is 1.35. The van der Waals surface area contributed by atoms with Crippen LogP contribution < -0.4 is 16.0 Å². The highest BCUT2D eigenvalue weighted by Crippen LogP contribution is 2.32. The van der Waals surface area contributed by atoms with E-state index in [0.717, 1.165) is 55.0 Å². The van der Waals surface area contributed by atoms with Gasteiger partial charge in [-0.15, -0.1) is 11.3 Å². The molecule has 1 aliphatic rings. The number of carbonyl (C=O) groups is 4. The lowest BCUT2D eigenvalue weighted by molar-refractivity contribution is -0.141. The van der Waals surface area contributed by atoms with Crippen LogP contribution >= 0.6 is 32.9 Å². The molecule has 4 rings (SSSR count). The summed E-state index contributed by atoms with van der Waals surface area (Å²) in [4.78, 5) is 68.1. The summed E-state index contributed by atoms with van der Waals surface area (Å²) in [6.45, 7) is 14.1. The van der Waals surface area contributed by atoms with E-state index in [1.54, 1.807) is 38.1 Å². The Labute approximate surface area is 376 Å². The van der Waals surface area contributed by atoms with Gasteiger partial charge in [0.1, 0.15) is 27.9 Å². The third-order valence-electron chi connectivity index (χ3n) is 11.5. The Bertz CT molecular complexity index is 1780. The first-order valence-corrected chi connectivity index (χ1v) is 25.2. The van der Waals surface area contributed by atoms with E-state index in [4.69, 9.17) is 9.72 Å². The van der Waals surface area contributed by atoms with Gasteiger partial charge in [0.25, 0.3) is 5.91 Å². The van der Waals surface area contributed by atoms with Crippen LogP contribution in [-0.4, -0.2) is 107 Å². The molecule has 0 aliphatic carbocycles. The Morgan fingerprint density at radius 3 is 2.43 bits per heavy atom. The zero-order chi connectivity index (χ0) is 44.3. The maximum Gasteiger partial charge on any atom is 0.270 e. The first kappa shape index (κ1) is 50.1. The molecule has 2 aromatic heterocycles. The average molecular weight is 896 g/mol. The van der Waals surface area contributed by atoms with Crippen molar-refractivity contribution in [2.24, 2.45) is 17.8 Å². The second kappa shape index (κ2) is 26.2. The second-order valence-electron chi connectivity index (χ2n) is 16.7. The topological polar surface area (TPSA) is 146 Å². The molecule has 1 saturated heterocycles. The number of piperidine rings is 1. The van der Waals surface area contributed by atoms with Crippen LogP contribution in [0.1, 0.15) is 114 Å². The summed E-state index contributed by atoms with van der Waals surface area (Å²) in [5, 5.41) is 12.8. The molecule has 4 amide bonds. The maximum absolute atomic E-state index is 14.4. The Morgan fingerprint density at radius 2 is 1.75 bits per heavy atom. The van der Waals surface area contributed by atoms with Crippen molar-refractivity contribution in [3.63, 3.8) is 0 Å². The number of thiazole rings is 1. The van der Waals surface area contributed by atoms with Crippen molar-refractivity contribution in [3.8, 4) is 0 Å². The van der Waals surface area contributed by atoms with Gasteiger partial charge in [-0.1, -0.05) is 102 Å². The predicted molar refractivity (Wildman–Crippen MR) is 250 cm³/mol. The molecule has 1 aliphatic heterocycles. The molecule has 3 N–H and O–H groups in total. The van der Waals surface area contributed by atoms with E-state index >= 15 is 0 Å². The van der Waals surface area contributed by atoms with Gasteiger partial charge in [-0.05, 0) is 86.0 Å². The van der Waals surface area contributed by atoms with Crippen LogP contribution in [0.5, 0.6) is 0 Å². The lowest BCUT2D eigenvalue weighted by atomic mass is 9.92. The molecule has 7 atom stereocenters. The number of rotatable bonds is 25. The van der Waals surface area contributed by atoms with Crippen LogP contribution in [0, 0.1) is 17.8 Å². The number of hydrogen-bond donors (Lipinski definition) is 3. The van der Waals surface area contributed by atoms with Gasteiger partial charge < -0.3 is 25.6 Å². The van der Waals surface area contributed by atoms with Crippen LogP contribution in [-0.2, 0) is 25.5 Å². The number of carbonyl (C=O) groups excluding carboxylic acids is 4. The number of pyridine rings is 1. The van der Waals surface area contributed by atoms with Gasteiger partial charge in [0.15, 0.2) is 0 Å². The number of likely N-dealkylation sites (tertiary alicyclic amines) is 1. The van der Waals surface area contributed by atoms with E-state index in [-0.39, 0.29) is 59.5 Å². The van der Waals surface area contributed by atoms with Crippen molar-refractivity contribution in [1.82, 2.24) is 35.7 Å². The summed E-state index contributed by atoms with van der Waals surface area (Å²) in [7, 11) is 7.03. The van der Waals surface area contributed by atoms with Crippen molar-refractivity contribution < 1.29 is 23.9 Å². The number of likely N-dealkylation sites (N-methyl/N-ethyl adjacent to an activating group) is 2. The van der Waals surface area contributed by atoms with Crippen LogP contribution in [0.4, 0.5) is 0 Å². The van der Waals surface area contributed by atoms with Gasteiger partial charge in [-0.3, -0.25) is 24.1 Å². The van der Waals surface area contributed by atoms with Gasteiger partial charge in [0, 0.05) is 62.0 Å².